The molecule has 21 heavy (non-hydrogen) atoms. The van der Waals surface area contributed by atoms with Crippen LogP contribution in [-0.4, -0.2) is 41.1 Å². The number of hydrogen-bond acceptors (Lipinski definition) is 3. The normalized spacial score (nSPS) is 21.4. The molecule has 1 heterocycles. The third-order valence-corrected chi connectivity index (χ3v) is 4.30. The Kier molecular flexibility index (Phi) is 4.21. The molecular formula is C16H21NO4. The zero-order valence-corrected chi connectivity index (χ0v) is 12.7. The van der Waals surface area contributed by atoms with Gasteiger partial charge in [0.05, 0.1) is 12.7 Å². The number of carbonyl (C=O) groups excluding carboxylic acids is 1. The summed E-state index contributed by atoms with van der Waals surface area (Å²) >= 11 is 0. The molecule has 1 unspecified atom stereocenters. The highest BCUT2D eigenvalue weighted by molar-refractivity contribution is 6.00. The SMILES string of the molecule is CCC1(C(=O)O)CCCN1C(=O)c1cc(C)ccc1OC. The Morgan fingerprint density at radius 2 is 2.14 bits per heavy atom. The summed E-state index contributed by atoms with van der Waals surface area (Å²) < 4.78 is 5.25. The van der Waals surface area contributed by atoms with Crippen LogP contribution in [-0.2, 0) is 4.79 Å². The standard InChI is InChI=1S/C16H21NO4/c1-4-16(15(19)20)8-5-9-17(16)14(18)12-10-11(2)6-7-13(12)21-3/h6-7,10H,4-5,8-9H2,1-3H3,(H,19,20). The number of methoxy groups -OCH3 is 1. The van der Waals surface area contributed by atoms with Crippen LogP contribution in [0.2, 0.25) is 0 Å². The van der Waals surface area contributed by atoms with Gasteiger partial charge in [0, 0.05) is 6.54 Å². The van der Waals surface area contributed by atoms with E-state index in [0.717, 1.165) is 5.56 Å². The first-order valence-electron chi connectivity index (χ1n) is 7.16. The van der Waals surface area contributed by atoms with Crippen molar-refractivity contribution in [2.24, 2.45) is 0 Å². The van der Waals surface area contributed by atoms with Gasteiger partial charge in [-0.3, -0.25) is 4.79 Å². The smallest absolute Gasteiger partial charge is 0.329 e. The fraction of sp³-hybridized carbons (Fsp3) is 0.500. The van der Waals surface area contributed by atoms with Crippen LogP contribution in [0.25, 0.3) is 0 Å². The molecule has 0 bridgehead atoms. The van der Waals surface area contributed by atoms with Crippen molar-refractivity contribution < 1.29 is 19.4 Å². The van der Waals surface area contributed by atoms with E-state index in [2.05, 4.69) is 0 Å². The van der Waals surface area contributed by atoms with Gasteiger partial charge in [0.15, 0.2) is 0 Å². The minimum Gasteiger partial charge on any atom is -0.496 e. The number of aryl methyl sites for hydroxylation is 1. The third-order valence-electron chi connectivity index (χ3n) is 4.30. The maximum Gasteiger partial charge on any atom is 0.329 e. The van der Waals surface area contributed by atoms with Gasteiger partial charge < -0.3 is 14.7 Å². The molecule has 0 aromatic heterocycles. The molecule has 5 heteroatoms. The maximum absolute atomic E-state index is 12.8. The average Bonchev–Trinajstić information content (AvgIpc) is 2.91. The van der Waals surface area contributed by atoms with E-state index in [4.69, 9.17) is 4.74 Å². The van der Waals surface area contributed by atoms with Gasteiger partial charge in [0.2, 0.25) is 0 Å². The average molecular weight is 291 g/mol. The van der Waals surface area contributed by atoms with Crippen molar-refractivity contribution in [3.8, 4) is 5.75 Å². The minimum atomic E-state index is -1.09. The number of aliphatic carboxylic acids is 1. The van der Waals surface area contributed by atoms with Gasteiger partial charge in [-0.05, 0) is 38.3 Å². The summed E-state index contributed by atoms with van der Waals surface area (Å²) in [5, 5.41) is 9.59. The van der Waals surface area contributed by atoms with E-state index in [1.54, 1.807) is 12.1 Å². The summed E-state index contributed by atoms with van der Waals surface area (Å²) in [6.07, 6.45) is 1.61. The van der Waals surface area contributed by atoms with Gasteiger partial charge in [-0.25, -0.2) is 4.79 Å². The first-order chi connectivity index (χ1) is 9.96. The van der Waals surface area contributed by atoms with Crippen molar-refractivity contribution in [3.63, 3.8) is 0 Å². The van der Waals surface area contributed by atoms with E-state index in [1.165, 1.54) is 12.0 Å². The number of hydrogen-bond donors (Lipinski definition) is 1. The molecule has 1 fully saturated rings. The number of carbonyl (C=O) groups is 2. The number of nitrogens with zero attached hydrogens (tertiary/aromatic N) is 1. The highest BCUT2D eigenvalue weighted by atomic mass is 16.5. The molecule has 1 aromatic rings. The fourth-order valence-electron chi connectivity index (χ4n) is 3.05. The zero-order valence-electron chi connectivity index (χ0n) is 12.7. The highest BCUT2D eigenvalue weighted by Gasteiger charge is 2.49. The Hall–Kier alpha value is -2.04. The number of carboxylic acid groups (broad SMARTS) is 1. The topological polar surface area (TPSA) is 66.8 Å². The van der Waals surface area contributed by atoms with Gasteiger partial charge >= 0.3 is 5.97 Å². The molecule has 2 rings (SSSR count). The summed E-state index contributed by atoms with van der Waals surface area (Å²) in [7, 11) is 1.51. The van der Waals surface area contributed by atoms with E-state index >= 15 is 0 Å². The molecule has 1 aromatic carbocycles. The van der Waals surface area contributed by atoms with Crippen LogP contribution in [0.4, 0.5) is 0 Å². The first kappa shape index (κ1) is 15.4. The second kappa shape index (κ2) is 5.76. The lowest BCUT2D eigenvalue weighted by Crippen LogP contribution is -2.52. The Bertz CT molecular complexity index is 569. The highest BCUT2D eigenvalue weighted by Crippen LogP contribution is 2.35. The molecule has 0 spiro atoms. The molecule has 0 saturated carbocycles. The van der Waals surface area contributed by atoms with Crippen molar-refractivity contribution in [1.29, 1.82) is 0 Å². The monoisotopic (exact) mass is 291 g/mol. The molecule has 5 nitrogen and oxygen atoms in total. The fourth-order valence-corrected chi connectivity index (χ4v) is 3.05. The summed E-state index contributed by atoms with van der Waals surface area (Å²) in [6.45, 7) is 4.17. The molecule has 1 amide bonds. The number of carboxylic acids is 1. The van der Waals surface area contributed by atoms with E-state index < -0.39 is 11.5 Å². The zero-order chi connectivity index (χ0) is 15.6. The van der Waals surface area contributed by atoms with Crippen molar-refractivity contribution in [2.75, 3.05) is 13.7 Å². The molecule has 1 aliphatic rings. The molecule has 0 radical (unpaired) electrons. The van der Waals surface area contributed by atoms with E-state index in [0.29, 0.717) is 37.1 Å². The second-order valence-corrected chi connectivity index (χ2v) is 5.45. The molecule has 1 N–H and O–H groups in total. The van der Waals surface area contributed by atoms with Crippen molar-refractivity contribution in [2.45, 2.75) is 38.6 Å². The second-order valence-electron chi connectivity index (χ2n) is 5.45. The third kappa shape index (κ3) is 2.48. The molecule has 1 atom stereocenters. The molecule has 114 valence electrons. The van der Waals surface area contributed by atoms with E-state index in [-0.39, 0.29) is 5.91 Å². The van der Waals surface area contributed by atoms with Gasteiger partial charge in [-0.1, -0.05) is 18.6 Å². The largest absolute Gasteiger partial charge is 0.496 e. The van der Waals surface area contributed by atoms with Gasteiger partial charge in [-0.2, -0.15) is 0 Å². The van der Waals surface area contributed by atoms with E-state index in [1.807, 2.05) is 19.9 Å². The van der Waals surface area contributed by atoms with Gasteiger partial charge in [-0.15, -0.1) is 0 Å². The van der Waals surface area contributed by atoms with Crippen LogP contribution in [0.15, 0.2) is 18.2 Å². The molecule has 1 aliphatic heterocycles. The number of rotatable bonds is 4. The molecule has 0 aliphatic carbocycles. The van der Waals surface area contributed by atoms with Crippen molar-refractivity contribution in [3.05, 3.63) is 29.3 Å². The van der Waals surface area contributed by atoms with Gasteiger partial charge in [0.25, 0.3) is 5.91 Å². The molecule has 1 saturated heterocycles. The Morgan fingerprint density at radius 3 is 2.71 bits per heavy atom. The van der Waals surface area contributed by atoms with Crippen LogP contribution in [0.3, 0.4) is 0 Å². The van der Waals surface area contributed by atoms with Gasteiger partial charge in [0.1, 0.15) is 11.3 Å². The minimum absolute atomic E-state index is 0.266. The number of ether oxygens (including phenoxy) is 1. The maximum atomic E-state index is 12.8. The van der Waals surface area contributed by atoms with Crippen LogP contribution in [0, 0.1) is 6.92 Å². The van der Waals surface area contributed by atoms with Crippen LogP contribution < -0.4 is 4.74 Å². The Labute approximate surface area is 124 Å². The predicted molar refractivity (Wildman–Crippen MR) is 78.7 cm³/mol. The Balaban J connectivity index is 2.44. The quantitative estimate of drug-likeness (QED) is 0.925. The number of likely N-dealkylation sites (tertiary alicyclic amines) is 1. The van der Waals surface area contributed by atoms with Crippen LogP contribution in [0.1, 0.15) is 42.1 Å². The summed E-state index contributed by atoms with van der Waals surface area (Å²) in [4.78, 5) is 26.0. The predicted octanol–water partition coefficient (Wildman–Crippen LogP) is 2.47. The van der Waals surface area contributed by atoms with Crippen LogP contribution >= 0.6 is 0 Å². The van der Waals surface area contributed by atoms with Crippen molar-refractivity contribution >= 4 is 11.9 Å². The summed E-state index contributed by atoms with van der Waals surface area (Å²) in [6, 6.07) is 5.36. The lowest BCUT2D eigenvalue weighted by molar-refractivity contribution is -0.148. The lowest BCUT2D eigenvalue weighted by Gasteiger charge is -2.34. The molecular weight excluding hydrogens is 270 g/mol. The van der Waals surface area contributed by atoms with Crippen molar-refractivity contribution in [1.82, 2.24) is 4.90 Å². The number of benzene rings is 1. The first-order valence-corrected chi connectivity index (χ1v) is 7.16. The number of amides is 1. The summed E-state index contributed by atoms with van der Waals surface area (Å²) in [5.41, 5.74) is 0.278. The van der Waals surface area contributed by atoms with E-state index in [9.17, 15) is 14.7 Å². The Morgan fingerprint density at radius 1 is 1.43 bits per heavy atom. The van der Waals surface area contributed by atoms with Crippen LogP contribution in [0.5, 0.6) is 5.75 Å². The lowest BCUT2D eigenvalue weighted by atomic mass is 9.92. The summed E-state index contributed by atoms with van der Waals surface area (Å²) in [5.74, 6) is -0.715.